The zero-order valence-electron chi connectivity index (χ0n) is 7.60. The molecule has 0 spiro atoms. The van der Waals surface area contributed by atoms with Crippen LogP contribution in [-0.2, 0) is 24.0 Å². The first-order chi connectivity index (χ1) is 7.89. The van der Waals surface area contributed by atoms with E-state index in [1.54, 1.807) is 0 Å². The van der Waals surface area contributed by atoms with Gasteiger partial charge in [0, 0.05) is 0 Å². The van der Waals surface area contributed by atoms with Gasteiger partial charge >= 0.3 is 95.5 Å². The van der Waals surface area contributed by atoms with E-state index in [-0.39, 0.29) is 0 Å². The van der Waals surface area contributed by atoms with Crippen LogP contribution in [-0.4, -0.2) is 30.4 Å². The molecule has 0 aliphatic carbocycles. The molecule has 0 radical (unpaired) electrons. The van der Waals surface area contributed by atoms with Crippen LogP contribution in [0.3, 0.4) is 0 Å². The number of hydrogen-bond acceptors (Lipinski definition) is 10. The van der Waals surface area contributed by atoms with Crippen molar-refractivity contribution in [3.63, 3.8) is 0 Å². The molecule has 0 bridgehead atoms. The van der Waals surface area contributed by atoms with Crippen molar-refractivity contribution in [2.75, 3.05) is 0 Å². The Balaban J connectivity index is 7.26. The van der Waals surface area contributed by atoms with Crippen LogP contribution >= 0.6 is 17.3 Å². The summed E-state index contributed by atoms with van der Waals surface area (Å²) in [5.74, 6) is 0. The molecule has 0 aliphatic heterocycles. The molecule has 0 aromatic carbocycles. The molecule has 0 saturated carbocycles. The van der Waals surface area contributed by atoms with Gasteiger partial charge in [0.05, 0.1) is 0 Å². The molecular formula is C5ClN5O5P-. The van der Waals surface area contributed by atoms with Crippen molar-refractivity contribution >= 4 is 47.7 Å². The average molecular weight is 277 g/mol. The van der Waals surface area contributed by atoms with Crippen molar-refractivity contribution in [2.45, 2.75) is 0 Å². The van der Waals surface area contributed by atoms with Gasteiger partial charge in [-0.3, -0.25) is 0 Å². The van der Waals surface area contributed by atoms with E-state index >= 15 is 0 Å². The molecule has 0 heterocycles. The Morgan fingerprint density at radius 1 is 0.588 bits per heavy atom. The van der Waals surface area contributed by atoms with Gasteiger partial charge in [-0.05, 0) is 0 Å². The summed E-state index contributed by atoms with van der Waals surface area (Å²) in [6.07, 6.45) is 3.71. The van der Waals surface area contributed by atoms with Crippen molar-refractivity contribution in [3.8, 4) is 0 Å². The molecule has 0 aromatic heterocycles. The molecule has 17 heavy (non-hydrogen) atoms. The van der Waals surface area contributed by atoms with Crippen molar-refractivity contribution in [1.82, 2.24) is 0 Å². The first-order valence-corrected chi connectivity index (χ1v) is 6.66. The van der Waals surface area contributed by atoms with E-state index in [4.69, 9.17) is 11.2 Å². The number of rotatable bonds is 5. The van der Waals surface area contributed by atoms with Crippen LogP contribution in [0.1, 0.15) is 0 Å². The Kier molecular flexibility index (Phi) is 3.65. The summed E-state index contributed by atoms with van der Waals surface area (Å²) in [6.45, 7) is 0. The van der Waals surface area contributed by atoms with Gasteiger partial charge in [0.2, 0.25) is 0 Å². The van der Waals surface area contributed by atoms with Gasteiger partial charge in [-0.1, -0.05) is 0 Å². The van der Waals surface area contributed by atoms with Crippen molar-refractivity contribution < 1.29 is 24.0 Å². The standard InChI is InChI=1S/C5ClN5O5P/c6-17(7-1-12,8-2-13,9-3-14,10-4-15)11-5-16/q-1. The summed E-state index contributed by atoms with van der Waals surface area (Å²) < 4.78 is 13.3. The van der Waals surface area contributed by atoms with Gasteiger partial charge in [-0.15, -0.1) is 0 Å². The summed E-state index contributed by atoms with van der Waals surface area (Å²) in [4.78, 5) is 51.1. The third-order valence-electron chi connectivity index (χ3n) is 1.29. The summed E-state index contributed by atoms with van der Waals surface area (Å²) in [5, 5.41) is 0. The molecule has 10 nitrogen and oxygen atoms in total. The average Bonchev–Trinajstić information content (AvgIpc) is 2.19. The minimum atomic E-state index is -6.55. The van der Waals surface area contributed by atoms with Gasteiger partial charge in [0.25, 0.3) is 0 Å². The maximum absolute atomic E-state index is 10.2. The zero-order valence-corrected chi connectivity index (χ0v) is 9.25. The SMILES string of the molecule is O=C=N[P-](Cl)(N=C=O)(N=C=O)(N=C=O)N=C=O. The Morgan fingerprint density at radius 2 is 0.765 bits per heavy atom. The number of carbonyl (C=O) groups excluding carboxylic acids is 5. The van der Waals surface area contributed by atoms with Gasteiger partial charge in [0.15, 0.2) is 0 Å². The van der Waals surface area contributed by atoms with E-state index < -0.39 is 6.05 Å². The van der Waals surface area contributed by atoms with Crippen LogP contribution in [0.2, 0.25) is 0 Å². The summed E-state index contributed by atoms with van der Waals surface area (Å²) >= 11 is 5.55. The third-order valence-corrected chi connectivity index (χ3v) is 5.00. The Morgan fingerprint density at radius 3 is 0.882 bits per heavy atom. The third kappa shape index (κ3) is 2.41. The van der Waals surface area contributed by atoms with Crippen LogP contribution in [0.4, 0.5) is 0 Å². The molecule has 0 amide bonds. The van der Waals surface area contributed by atoms with Crippen LogP contribution in [0.15, 0.2) is 23.8 Å². The molecule has 0 aromatic rings. The van der Waals surface area contributed by atoms with Crippen LogP contribution in [0.5, 0.6) is 0 Å². The number of nitrogens with zero attached hydrogens (tertiary/aromatic N) is 5. The fourth-order valence-corrected chi connectivity index (χ4v) is 2.46. The van der Waals surface area contributed by atoms with E-state index in [0.717, 1.165) is 30.4 Å². The zero-order chi connectivity index (χ0) is 13.5. The fourth-order valence-electron chi connectivity index (χ4n) is 0.666. The molecule has 0 atom stereocenters. The van der Waals surface area contributed by atoms with Crippen LogP contribution in [0, 0.1) is 0 Å². The quantitative estimate of drug-likeness (QED) is 0.407. The van der Waals surface area contributed by atoms with Gasteiger partial charge in [-0.25, -0.2) is 0 Å². The predicted molar refractivity (Wildman–Crippen MR) is 53.4 cm³/mol. The second-order valence-corrected chi connectivity index (χ2v) is 8.04. The van der Waals surface area contributed by atoms with E-state index in [1.807, 2.05) is 0 Å². The molecule has 0 unspecified atom stereocenters. The van der Waals surface area contributed by atoms with Crippen molar-refractivity contribution in [1.29, 1.82) is 0 Å². The second kappa shape index (κ2) is 4.24. The van der Waals surface area contributed by atoms with Crippen molar-refractivity contribution in [2.24, 2.45) is 23.8 Å². The normalized spacial score (nSPS) is 12.8. The van der Waals surface area contributed by atoms with E-state index in [2.05, 4.69) is 23.8 Å². The molecule has 0 fully saturated rings. The maximum atomic E-state index is 10.2. The minimum absolute atomic E-state index is 0.742. The van der Waals surface area contributed by atoms with E-state index in [0.29, 0.717) is 0 Å². The van der Waals surface area contributed by atoms with E-state index in [9.17, 15) is 24.0 Å². The summed E-state index contributed by atoms with van der Waals surface area (Å²) in [7, 11) is 0. The topological polar surface area (TPSA) is 147 Å². The molecule has 0 saturated heterocycles. The molecular weight excluding hydrogens is 277 g/mol. The van der Waals surface area contributed by atoms with Crippen molar-refractivity contribution in [3.05, 3.63) is 0 Å². The summed E-state index contributed by atoms with van der Waals surface area (Å²) in [6, 6.07) is -6.55. The Labute approximate surface area is 96.1 Å². The number of isocyanates is 5. The number of hydrogen-bond donors (Lipinski definition) is 0. The predicted octanol–water partition coefficient (Wildman–Crippen LogP) is 0.483. The molecule has 12 heteroatoms. The van der Waals surface area contributed by atoms with E-state index in [1.165, 1.54) is 0 Å². The van der Waals surface area contributed by atoms with Crippen LogP contribution in [0.25, 0.3) is 0 Å². The molecule has 0 rings (SSSR count). The Hall–Kier alpha value is -2.38. The van der Waals surface area contributed by atoms with Gasteiger partial charge in [0.1, 0.15) is 0 Å². The molecule has 88 valence electrons. The molecule has 0 aliphatic rings. The van der Waals surface area contributed by atoms with Crippen LogP contribution < -0.4 is 0 Å². The second-order valence-electron chi connectivity index (χ2n) is 2.23. The summed E-state index contributed by atoms with van der Waals surface area (Å²) in [5.41, 5.74) is 0. The Bertz CT molecular complexity index is 483. The first-order valence-electron chi connectivity index (χ1n) is 3.31. The number of halogens is 1. The monoisotopic (exact) mass is 276 g/mol. The van der Waals surface area contributed by atoms with Gasteiger partial charge in [-0.2, -0.15) is 0 Å². The molecule has 0 N–H and O–H groups in total. The first kappa shape index (κ1) is 14.6. The van der Waals surface area contributed by atoms with Gasteiger partial charge < -0.3 is 0 Å². The fraction of sp³-hybridized carbons (Fsp3) is 0.